The summed E-state index contributed by atoms with van der Waals surface area (Å²) in [5, 5.41) is 5.86. The van der Waals surface area contributed by atoms with Crippen LogP contribution in [0.1, 0.15) is 42.4 Å². The number of hydrogen-bond donors (Lipinski definition) is 0. The lowest BCUT2D eigenvalue weighted by Crippen LogP contribution is -1.93. The molecule has 210 valence electrons. The lowest BCUT2D eigenvalue weighted by Gasteiger charge is -2.07. The van der Waals surface area contributed by atoms with E-state index in [1.165, 1.54) is 57.4 Å². The van der Waals surface area contributed by atoms with E-state index in [1.807, 2.05) is 24.3 Å². The van der Waals surface area contributed by atoms with Crippen LogP contribution in [0, 0.1) is 0 Å². The molecule has 4 aromatic carbocycles. The SMILES string of the molecule is COc1cccc(/C=C/c2cc(/C=C/c3cc4c5sccc5c5sc(C=O)cc5c4s3)cc(CCc3ccccc3)c2)c1. The normalized spacial score (nSPS) is 11.9. The topological polar surface area (TPSA) is 26.3 Å². The average molecular weight is 613 g/mol. The molecule has 0 spiro atoms. The molecule has 7 aromatic rings. The Kier molecular flexibility index (Phi) is 7.77. The third-order valence-corrected chi connectivity index (χ3v) is 10.8. The highest BCUT2D eigenvalue weighted by Crippen LogP contribution is 2.45. The lowest BCUT2D eigenvalue weighted by atomic mass is 9.99. The summed E-state index contributed by atoms with van der Waals surface area (Å²) < 4.78 is 9.17. The van der Waals surface area contributed by atoms with E-state index in [1.54, 1.807) is 41.1 Å². The van der Waals surface area contributed by atoms with Crippen molar-refractivity contribution in [1.82, 2.24) is 0 Å². The third kappa shape index (κ3) is 5.84. The van der Waals surface area contributed by atoms with Gasteiger partial charge < -0.3 is 4.74 Å². The molecule has 0 aliphatic heterocycles. The predicted molar refractivity (Wildman–Crippen MR) is 189 cm³/mol. The molecule has 0 saturated heterocycles. The van der Waals surface area contributed by atoms with Gasteiger partial charge in [0, 0.05) is 35.1 Å². The maximum atomic E-state index is 11.6. The number of fused-ring (bicyclic) bond motifs is 6. The summed E-state index contributed by atoms with van der Waals surface area (Å²) in [6.07, 6.45) is 11.7. The van der Waals surface area contributed by atoms with Crippen LogP contribution >= 0.6 is 34.0 Å². The van der Waals surface area contributed by atoms with Crippen molar-refractivity contribution in [1.29, 1.82) is 0 Å². The van der Waals surface area contributed by atoms with Crippen molar-refractivity contribution >= 4 is 94.9 Å². The second-order valence-corrected chi connectivity index (χ2v) is 13.6. The largest absolute Gasteiger partial charge is 0.497 e. The van der Waals surface area contributed by atoms with Crippen LogP contribution in [0.5, 0.6) is 5.75 Å². The molecule has 43 heavy (non-hydrogen) atoms. The summed E-state index contributed by atoms with van der Waals surface area (Å²) in [4.78, 5) is 13.6. The maximum Gasteiger partial charge on any atom is 0.160 e. The molecule has 3 heterocycles. The molecular weight excluding hydrogens is 585 g/mol. The molecule has 0 atom stereocenters. The van der Waals surface area contributed by atoms with E-state index in [9.17, 15) is 4.79 Å². The van der Waals surface area contributed by atoms with Crippen molar-refractivity contribution in [3.8, 4) is 5.75 Å². The van der Waals surface area contributed by atoms with Gasteiger partial charge in [-0.05, 0) is 88.5 Å². The first-order valence-electron chi connectivity index (χ1n) is 14.2. The predicted octanol–water partition coefficient (Wildman–Crippen LogP) is 11.3. The van der Waals surface area contributed by atoms with Crippen LogP contribution in [-0.2, 0) is 12.8 Å². The smallest absolute Gasteiger partial charge is 0.160 e. The molecule has 0 N–H and O–H groups in total. The molecule has 0 fully saturated rings. The van der Waals surface area contributed by atoms with Crippen LogP contribution in [0.4, 0.5) is 0 Å². The Morgan fingerprint density at radius 1 is 0.605 bits per heavy atom. The number of aryl methyl sites for hydroxylation is 2. The van der Waals surface area contributed by atoms with E-state index >= 15 is 0 Å². The molecule has 7 rings (SSSR count). The molecule has 2 nitrogen and oxygen atoms in total. The van der Waals surface area contributed by atoms with Crippen molar-refractivity contribution in [2.75, 3.05) is 7.11 Å². The highest BCUT2D eigenvalue weighted by molar-refractivity contribution is 7.27. The minimum absolute atomic E-state index is 0.780. The molecule has 0 bridgehead atoms. The highest BCUT2D eigenvalue weighted by atomic mass is 32.1. The van der Waals surface area contributed by atoms with Gasteiger partial charge in [0.25, 0.3) is 0 Å². The Morgan fingerprint density at radius 3 is 2.12 bits per heavy atom. The second-order valence-electron chi connectivity index (χ2n) is 10.5. The van der Waals surface area contributed by atoms with Gasteiger partial charge in [0.2, 0.25) is 0 Å². The number of ether oxygens (including phenoxy) is 1. The van der Waals surface area contributed by atoms with Crippen molar-refractivity contribution in [3.63, 3.8) is 0 Å². The van der Waals surface area contributed by atoms with Crippen LogP contribution in [0.25, 0.3) is 54.6 Å². The molecule has 0 radical (unpaired) electrons. The first kappa shape index (κ1) is 27.5. The summed E-state index contributed by atoms with van der Waals surface area (Å²) in [6.45, 7) is 0. The summed E-state index contributed by atoms with van der Waals surface area (Å²) in [6, 6.07) is 32.2. The van der Waals surface area contributed by atoms with Gasteiger partial charge in [-0.1, -0.05) is 72.8 Å². The molecule has 0 saturated carbocycles. The van der Waals surface area contributed by atoms with Gasteiger partial charge in [-0.15, -0.1) is 34.0 Å². The average Bonchev–Trinajstić information content (AvgIpc) is 3.80. The number of carbonyl (C=O) groups is 1. The lowest BCUT2D eigenvalue weighted by molar-refractivity contribution is 0.112. The molecule has 0 aliphatic carbocycles. The monoisotopic (exact) mass is 612 g/mol. The summed E-state index contributed by atoms with van der Waals surface area (Å²) >= 11 is 5.17. The fourth-order valence-corrected chi connectivity index (χ4v) is 8.75. The second kappa shape index (κ2) is 12.1. The number of rotatable bonds is 9. The summed E-state index contributed by atoms with van der Waals surface area (Å²) in [7, 11) is 1.70. The molecule has 5 heteroatoms. The quantitative estimate of drug-likeness (QED) is 0.120. The van der Waals surface area contributed by atoms with Gasteiger partial charge in [0.05, 0.1) is 12.0 Å². The Bertz CT molecular complexity index is 2140. The Hall–Kier alpha value is -4.29. The fourth-order valence-electron chi connectivity index (χ4n) is 5.53. The zero-order valence-electron chi connectivity index (χ0n) is 23.6. The van der Waals surface area contributed by atoms with Crippen molar-refractivity contribution in [3.05, 3.63) is 134 Å². The molecule has 0 unspecified atom stereocenters. The Labute approximate surface area is 262 Å². The van der Waals surface area contributed by atoms with Gasteiger partial charge in [-0.3, -0.25) is 4.79 Å². The first-order chi connectivity index (χ1) is 21.2. The minimum Gasteiger partial charge on any atom is -0.497 e. The number of methoxy groups -OCH3 is 1. The fraction of sp³-hybridized carbons (Fsp3) is 0.0789. The van der Waals surface area contributed by atoms with E-state index in [2.05, 4.69) is 96.4 Å². The van der Waals surface area contributed by atoms with Crippen LogP contribution in [0.2, 0.25) is 0 Å². The van der Waals surface area contributed by atoms with Gasteiger partial charge in [0.1, 0.15) is 5.75 Å². The zero-order chi connectivity index (χ0) is 29.2. The van der Waals surface area contributed by atoms with Crippen LogP contribution in [0.3, 0.4) is 0 Å². The number of hydrogen-bond acceptors (Lipinski definition) is 5. The number of thiophene rings is 3. The number of carbonyl (C=O) groups excluding carboxylic acids is 1. The Balaban J connectivity index is 1.24. The maximum absolute atomic E-state index is 11.6. The molecule has 3 aromatic heterocycles. The van der Waals surface area contributed by atoms with Gasteiger partial charge in [-0.25, -0.2) is 0 Å². The molecular formula is C38H28O2S3. The number of aldehydes is 1. The van der Waals surface area contributed by atoms with E-state index in [0.29, 0.717) is 0 Å². The summed E-state index contributed by atoms with van der Waals surface area (Å²) in [5.74, 6) is 0.854. The van der Waals surface area contributed by atoms with Crippen LogP contribution < -0.4 is 4.74 Å². The van der Waals surface area contributed by atoms with Gasteiger partial charge in [0.15, 0.2) is 6.29 Å². The van der Waals surface area contributed by atoms with Gasteiger partial charge >= 0.3 is 0 Å². The van der Waals surface area contributed by atoms with Gasteiger partial charge in [-0.2, -0.15) is 0 Å². The third-order valence-electron chi connectivity index (χ3n) is 7.60. The first-order valence-corrected chi connectivity index (χ1v) is 16.7. The van der Waals surface area contributed by atoms with Crippen molar-refractivity contribution in [2.45, 2.75) is 12.8 Å². The van der Waals surface area contributed by atoms with E-state index in [0.717, 1.165) is 35.3 Å². The van der Waals surface area contributed by atoms with Crippen molar-refractivity contribution < 1.29 is 9.53 Å². The van der Waals surface area contributed by atoms with Crippen molar-refractivity contribution in [2.24, 2.45) is 0 Å². The van der Waals surface area contributed by atoms with Crippen LogP contribution in [-0.4, -0.2) is 13.4 Å². The van der Waals surface area contributed by atoms with Crippen LogP contribution in [0.15, 0.2) is 96.4 Å². The minimum atomic E-state index is 0.780. The van der Waals surface area contributed by atoms with E-state index in [4.69, 9.17) is 4.74 Å². The Morgan fingerprint density at radius 2 is 1.30 bits per heavy atom. The summed E-state index contributed by atoms with van der Waals surface area (Å²) in [5.41, 5.74) is 6.12. The molecule has 0 aliphatic rings. The highest BCUT2D eigenvalue weighted by Gasteiger charge is 2.15. The van der Waals surface area contributed by atoms with E-state index < -0.39 is 0 Å². The zero-order valence-corrected chi connectivity index (χ0v) is 26.0. The molecule has 0 amide bonds. The number of benzene rings is 4. The standard InChI is InChI=1S/C38H28O2S3/c1-40-30-9-5-8-26(21-30)11-13-28-18-27(12-10-25-6-3-2-4-7-25)19-29(20-28)14-15-31-22-34-36-33(16-17-41-36)37-35(38(34)42-31)23-32(24-39)43-37/h2-9,11,13-24H,10,12H2,1H3/b13-11+,15-14+. The van der Waals surface area contributed by atoms with E-state index in [-0.39, 0.29) is 0 Å².